The first-order valence-corrected chi connectivity index (χ1v) is 5.55. The molecule has 0 spiro atoms. The van der Waals surface area contributed by atoms with Crippen molar-refractivity contribution in [2.24, 2.45) is 5.73 Å². The Morgan fingerprint density at radius 1 is 1.26 bits per heavy atom. The molecule has 0 aliphatic rings. The maximum Gasteiger partial charge on any atom is 0.389 e. The van der Waals surface area contributed by atoms with Gasteiger partial charge in [0.05, 0.1) is 19.8 Å². The monoisotopic (exact) mass is 279 g/mol. The van der Waals surface area contributed by atoms with Gasteiger partial charge >= 0.3 is 6.18 Å². The number of hydrogen-bond donors (Lipinski definition) is 2. The van der Waals surface area contributed by atoms with Gasteiger partial charge in [-0.25, -0.2) is 0 Å². The highest BCUT2D eigenvalue weighted by atomic mass is 19.4. The number of rotatable bonds is 5. The number of benzene rings is 1. The molecular weight excluding hydrogens is 263 g/mol. The van der Waals surface area contributed by atoms with E-state index in [0.29, 0.717) is 5.75 Å². The number of alkyl halides is 3. The van der Waals surface area contributed by atoms with E-state index >= 15 is 0 Å². The summed E-state index contributed by atoms with van der Waals surface area (Å²) in [7, 11) is 2.74. The third kappa shape index (κ3) is 4.20. The molecule has 4 nitrogen and oxygen atoms in total. The van der Waals surface area contributed by atoms with Crippen LogP contribution in [0.5, 0.6) is 17.2 Å². The van der Waals surface area contributed by atoms with Crippen molar-refractivity contribution in [3.63, 3.8) is 0 Å². The van der Waals surface area contributed by atoms with Crippen LogP contribution in [0, 0.1) is 0 Å². The third-order valence-electron chi connectivity index (χ3n) is 2.66. The fourth-order valence-electron chi connectivity index (χ4n) is 1.71. The number of phenols is 1. The van der Waals surface area contributed by atoms with Gasteiger partial charge in [-0.2, -0.15) is 13.2 Å². The van der Waals surface area contributed by atoms with Crippen LogP contribution in [0.3, 0.4) is 0 Å². The summed E-state index contributed by atoms with van der Waals surface area (Å²) >= 11 is 0. The summed E-state index contributed by atoms with van der Waals surface area (Å²) < 4.78 is 46.4. The quantitative estimate of drug-likeness (QED) is 0.869. The summed E-state index contributed by atoms with van der Waals surface area (Å²) in [5, 5.41) is 9.81. The molecule has 0 aliphatic heterocycles. The Balaban J connectivity index is 2.98. The average Bonchev–Trinajstić information content (AvgIpc) is 2.33. The lowest BCUT2D eigenvalue weighted by Gasteiger charge is -2.18. The lowest BCUT2D eigenvalue weighted by atomic mass is 10.00. The number of aromatic hydroxyl groups is 1. The molecule has 0 fully saturated rings. The molecule has 19 heavy (non-hydrogen) atoms. The topological polar surface area (TPSA) is 64.7 Å². The van der Waals surface area contributed by atoms with E-state index in [0.717, 1.165) is 0 Å². The highest BCUT2D eigenvalue weighted by molar-refractivity contribution is 5.51. The summed E-state index contributed by atoms with van der Waals surface area (Å²) in [5.74, 6) is 0.290. The predicted molar refractivity (Wildman–Crippen MR) is 63.4 cm³/mol. The molecule has 3 N–H and O–H groups in total. The van der Waals surface area contributed by atoms with Crippen LogP contribution in [0.1, 0.15) is 24.4 Å². The molecular formula is C12H16F3NO3. The van der Waals surface area contributed by atoms with E-state index in [1.165, 1.54) is 26.4 Å². The van der Waals surface area contributed by atoms with Crippen LogP contribution in [0.15, 0.2) is 12.1 Å². The zero-order valence-corrected chi connectivity index (χ0v) is 10.6. The van der Waals surface area contributed by atoms with Crippen LogP contribution in [-0.4, -0.2) is 25.5 Å². The Bertz CT molecular complexity index is 435. The maximum atomic E-state index is 12.2. The molecule has 0 bridgehead atoms. The molecule has 0 aromatic heterocycles. The molecule has 108 valence electrons. The Hall–Kier alpha value is -1.63. The fourth-order valence-corrected chi connectivity index (χ4v) is 1.71. The van der Waals surface area contributed by atoms with Gasteiger partial charge in [0.15, 0.2) is 0 Å². The van der Waals surface area contributed by atoms with Crippen molar-refractivity contribution in [3.05, 3.63) is 17.7 Å². The number of hydrogen-bond acceptors (Lipinski definition) is 4. The van der Waals surface area contributed by atoms with Crippen LogP contribution in [0.2, 0.25) is 0 Å². The van der Waals surface area contributed by atoms with Gasteiger partial charge in [-0.15, -0.1) is 0 Å². The van der Waals surface area contributed by atoms with Crippen molar-refractivity contribution < 1.29 is 27.8 Å². The Morgan fingerprint density at radius 3 is 2.37 bits per heavy atom. The molecule has 0 aliphatic carbocycles. The minimum atomic E-state index is -4.28. The van der Waals surface area contributed by atoms with E-state index < -0.39 is 18.6 Å². The van der Waals surface area contributed by atoms with Crippen LogP contribution < -0.4 is 15.2 Å². The van der Waals surface area contributed by atoms with Gasteiger partial charge < -0.3 is 20.3 Å². The van der Waals surface area contributed by atoms with Crippen molar-refractivity contribution in [1.29, 1.82) is 0 Å². The van der Waals surface area contributed by atoms with E-state index in [-0.39, 0.29) is 23.5 Å². The van der Waals surface area contributed by atoms with Gasteiger partial charge in [0.25, 0.3) is 0 Å². The highest BCUT2D eigenvalue weighted by Gasteiger charge is 2.29. The van der Waals surface area contributed by atoms with Gasteiger partial charge in [0, 0.05) is 24.6 Å². The maximum absolute atomic E-state index is 12.2. The van der Waals surface area contributed by atoms with Crippen molar-refractivity contribution in [2.45, 2.75) is 25.1 Å². The summed E-state index contributed by atoms with van der Waals surface area (Å²) in [6, 6.07) is 1.77. The second kappa shape index (κ2) is 6.01. The van der Waals surface area contributed by atoms with Gasteiger partial charge in [0.1, 0.15) is 17.2 Å². The molecule has 1 rings (SSSR count). The average molecular weight is 279 g/mol. The van der Waals surface area contributed by atoms with E-state index in [4.69, 9.17) is 15.2 Å². The summed E-state index contributed by atoms with van der Waals surface area (Å²) in [4.78, 5) is 0. The van der Waals surface area contributed by atoms with Crippen LogP contribution in [-0.2, 0) is 0 Å². The predicted octanol–water partition coefficient (Wildman–Crippen LogP) is 2.75. The molecule has 0 saturated heterocycles. The van der Waals surface area contributed by atoms with Gasteiger partial charge in [-0.3, -0.25) is 0 Å². The first-order chi connectivity index (χ1) is 8.78. The number of halogens is 3. The van der Waals surface area contributed by atoms with E-state index in [1.54, 1.807) is 0 Å². The first-order valence-electron chi connectivity index (χ1n) is 5.55. The Morgan fingerprint density at radius 2 is 1.89 bits per heavy atom. The highest BCUT2D eigenvalue weighted by Crippen LogP contribution is 2.39. The number of nitrogens with two attached hydrogens (primary N) is 1. The fraction of sp³-hybridized carbons (Fsp3) is 0.500. The zero-order chi connectivity index (χ0) is 14.6. The van der Waals surface area contributed by atoms with Crippen LogP contribution in [0.4, 0.5) is 13.2 Å². The number of phenolic OH excluding ortho intramolecular Hbond substituents is 1. The molecule has 0 radical (unpaired) electrons. The molecule has 0 saturated carbocycles. The van der Waals surface area contributed by atoms with Gasteiger partial charge in [-0.1, -0.05) is 0 Å². The SMILES string of the molecule is COc1cc(O)c([C@H](N)CCC(F)(F)F)c(OC)c1. The van der Waals surface area contributed by atoms with Crippen molar-refractivity contribution >= 4 is 0 Å². The van der Waals surface area contributed by atoms with Gasteiger partial charge in [0.2, 0.25) is 0 Å². The molecule has 7 heteroatoms. The summed E-state index contributed by atoms with van der Waals surface area (Å²) in [6.07, 6.45) is -5.64. The van der Waals surface area contributed by atoms with Crippen LogP contribution in [0.25, 0.3) is 0 Å². The molecule has 1 aromatic rings. The zero-order valence-electron chi connectivity index (χ0n) is 10.6. The van der Waals surface area contributed by atoms with E-state index in [1.807, 2.05) is 0 Å². The van der Waals surface area contributed by atoms with E-state index in [9.17, 15) is 18.3 Å². The molecule has 0 heterocycles. The summed E-state index contributed by atoms with van der Waals surface area (Å²) in [5.41, 5.74) is 5.84. The molecule has 0 unspecified atom stereocenters. The third-order valence-corrected chi connectivity index (χ3v) is 2.66. The van der Waals surface area contributed by atoms with Gasteiger partial charge in [-0.05, 0) is 6.42 Å². The van der Waals surface area contributed by atoms with E-state index in [2.05, 4.69) is 0 Å². The smallest absolute Gasteiger partial charge is 0.389 e. The Labute approximate surface area is 108 Å². The minimum Gasteiger partial charge on any atom is -0.507 e. The normalized spacial score (nSPS) is 13.2. The second-order valence-electron chi connectivity index (χ2n) is 4.02. The Kier molecular flexibility index (Phi) is 4.88. The van der Waals surface area contributed by atoms with Crippen molar-refractivity contribution in [3.8, 4) is 17.2 Å². The molecule has 0 amide bonds. The van der Waals surface area contributed by atoms with Crippen LogP contribution >= 0.6 is 0 Å². The molecule has 1 atom stereocenters. The van der Waals surface area contributed by atoms with Crippen molar-refractivity contribution in [1.82, 2.24) is 0 Å². The largest absolute Gasteiger partial charge is 0.507 e. The lowest BCUT2D eigenvalue weighted by Crippen LogP contribution is -2.16. The molecule has 1 aromatic carbocycles. The van der Waals surface area contributed by atoms with Crippen molar-refractivity contribution in [2.75, 3.05) is 14.2 Å². The minimum absolute atomic E-state index is 0.146. The standard InChI is InChI=1S/C12H16F3NO3/c1-18-7-5-9(17)11(10(6-7)19-2)8(16)3-4-12(13,14)15/h5-6,8,17H,3-4,16H2,1-2H3/t8-/m1/s1. The lowest BCUT2D eigenvalue weighted by molar-refractivity contribution is -0.136. The number of ether oxygens (including phenoxy) is 2. The number of methoxy groups -OCH3 is 2. The second-order valence-corrected chi connectivity index (χ2v) is 4.02. The first kappa shape index (κ1) is 15.4. The summed E-state index contributed by atoms with van der Waals surface area (Å²) in [6.45, 7) is 0.